The highest BCUT2D eigenvalue weighted by molar-refractivity contribution is 9.11. The summed E-state index contributed by atoms with van der Waals surface area (Å²) in [5.41, 5.74) is 0. The van der Waals surface area contributed by atoms with E-state index in [0.29, 0.717) is 0 Å². The molecule has 0 aromatic heterocycles. The lowest BCUT2D eigenvalue weighted by atomic mass is 10.3. The summed E-state index contributed by atoms with van der Waals surface area (Å²) in [4.78, 5) is 0. The van der Waals surface area contributed by atoms with Crippen molar-refractivity contribution in [2.45, 2.75) is 26.1 Å². The summed E-state index contributed by atoms with van der Waals surface area (Å²) >= 11 is 3.35. The van der Waals surface area contributed by atoms with Crippen LogP contribution in [0.15, 0.2) is 10.7 Å². The molecule has 0 aromatic rings. The van der Waals surface area contributed by atoms with Crippen LogP contribution in [0.25, 0.3) is 0 Å². The van der Waals surface area contributed by atoms with Crippen molar-refractivity contribution >= 4 is 15.9 Å². The number of hydrogen-bond donors (Lipinski definition) is 0. The van der Waals surface area contributed by atoms with Crippen LogP contribution in [0.2, 0.25) is 0 Å². The predicted molar refractivity (Wildman–Crippen MR) is 42.7 cm³/mol. The van der Waals surface area contributed by atoms with Crippen molar-refractivity contribution in [3.05, 3.63) is 10.7 Å². The molecule has 1 aliphatic rings. The lowest BCUT2D eigenvalue weighted by Crippen LogP contribution is -2.17. The van der Waals surface area contributed by atoms with Gasteiger partial charge in [0.2, 0.25) is 0 Å². The Bertz CT molecular complexity index is 134. The number of halogens is 1. The first kappa shape index (κ1) is 8.08. The Labute approximate surface area is 69.3 Å². The fourth-order valence-corrected chi connectivity index (χ4v) is 1.18. The Morgan fingerprint density at radius 2 is 2.70 bits per heavy atom. The highest BCUT2D eigenvalue weighted by Crippen LogP contribution is 2.21. The molecule has 1 rings (SSSR count). The summed E-state index contributed by atoms with van der Waals surface area (Å²) in [5, 5.41) is 0. The third-order valence-corrected chi connectivity index (χ3v) is 1.90. The number of allylic oxidation sites excluding steroid dienone is 1. The molecule has 1 atom stereocenters. The Kier molecular flexibility index (Phi) is 3.22. The van der Waals surface area contributed by atoms with Crippen molar-refractivity contribution in [2.24, 2.45) is 0 Å². The molecular weight excluding hydrogens is 196 g/mol. The van der Waals surface area contributed by atoms with E-state index < -0.39 is 0 Å². The first-order valence-corrected chi connectivity index (χ1v) is 4.24. The molecule has 10 heavy (non-hydrogen) atoms. The van der Waals surface area contributed by atoms with Gasteiger partial charge >= 0.3 is 0 Å². The van der Waals surface area contributed by atoms with Crippen molar-refractivity contribution in [3.8, 4) is 0 Å². The van der Waals surface area contributed by atoms with Gasteiger partial charge in [-0.2, -0.15) is 0 Å². The second kappa shape index (κ2) is 3.98. The maximum absolute atomic E-state index is 5.24. The van der Waals surface area contributed by atoms with Crippen LogP contribution in [-0.4, -0.2) is 12.9 Å². The number of hydrogen-bond acceptors (Lipinski definition) is 2. The zero-order valence-corrected chi connectivity index (χ0v) is 7.56. The fourth-order valence-electron chi connectivity index (χ4n) is 0.841. The Balaban J connectivity index is 2.27. The second-order valence-corrected chi connectivity index (χ2v) is 3.14. The van der Waals surface area contributed by atoms with E-state index in [2.05, 4.69) is 15.9 Å². The van der Waals surface area contributed by atoms with E-state index in [0.717, 1.165) is 23.9 Å². The molecule has 0 fully saturated rings. The number of ether oxygens (including phenoxy) is 2. The molecule has 0 aliphatic carbocycles. The molecule has 0 radical (unpaired) electrons. The molecule has 0 spiro atoms. The summed E-state index contributed by atoms with van der Waals surface area (Å²) in [7, 11) is 0. The predicted octanol–water partition coefficient (Wildman–Crippen LogP) is 2.40. The van der Waals surface area contributed by atoms with E-state index in [9.17, 15) is 0 Å². The largest absolute Gasteiger partial charge is 0.472 e. The molecule has 0 saturated carbocycles. The van der Waals surface area contributed by atoms with Crippen LogP contribution in [-0.2, 0) is 9.47 Å². The molecule has 1 aliphatic heterocycles. The van der Waals surface area contributed by atoms with Gasteiger partial charge in [-0.15, -0.1) is 0 Å². The molecule has 0 amide bonds. The topological polar surface area (TPSA) is 18.5 Å². The Hall–Kier alpha value is -0.0200. The van der Waals surface area contributed by atoms with Crippen LogP contribution in [0.5, 0.6) is 0 Å². The van der Waals surface area contributed by atoms with E-state index in [1.165, 1.54) is 0 Å². The van der Waals surface area contributed by atoms with Crippen LogP contribution in [0.1, 0.15) is 19.8 Å². The highest BCUT2D eigenvalue weighted by atomic mass is 79.9. The standard InChI is InChI=1S/C7H11BrO2/c1-2-9-7-4-3-6(8)5-10-7/h5,7H,2-4H2,1H3. The van der Waals surface area contributed by atoms with Crippen LogP contribution in [0.4, 0.5) is 0 Å². The van der Waals surface area contributed by atoms with Gasteiger partial charge in [0.1, 0.15) is 0 Å². The van der Waals surface area contributed by atoms with E-state index in [-0.39, 0.29) is 6.29 Å². The SMILES string of the molecule is CCOC1CCC(Br)=CO1. The lowest BCUT2D eigenvalue weighted by Gasteiger charge is -2.20. The molecule has 1 heterocycles. The molecular formula is C7H11BrO2. The minimum atomic E-state index is -0.0219. The van der Waals surface area contributed by atoms with Crippen LogP contribution >= 0.6 is 15.9 Å². The highest BCUT2D eigenvalue weighted by Gasteiger charge is 2.12. The quantitative estimate of drug-likeness (QED) is 0.692. The Morgan fingerprint density at radius 1 is 1.90 bits per heavy atom. The summed E-state index contributed by atoms with van der Waals surface area (Å²) in [6, 6.07) is 0. The molecule has 3 heteroatoms. The number of rotatable bonds is 2. The van der Waals surface area contributed by atoms with Gasteiger partial charge in [0.25, 0.3) is 0 Å². The third-order valence-electron chi connectivity index (χ3n) is 1.32. The zero-order chi connectivity index (χ0) is 7.40. The molecule has 0 aromatic carbocycles. The van der Waals surface area contributed by atoms with E-state index >= 15 is 0 Å². The summed E-state index contributed by atoms with van der Waals surface area (Å²) in [5.74, 6) is 0. The maximum Gasteiger partial charge on any atom is 0.199 e. The second-order valence-electron chi connectivity index (χ2n) is 2.12. The average Bonchev–Trinajstić information content (AvgIpc) is 1.95. The lowest BCUT2D eigenvalue weighted by molar-refractivity contribution is -0.111. The minimum absolute atomic E-state index is 0.0219. The third kappa shape index (κ3) is 2.31. The van der Waals surface area contributed by atoms with Crippen molar-refractivity contribution in [3.63, 3.8) is 0 Å². The zero-order valence-electron chi connectivity index (χ0n) is 5.97. The van der Waals surface area contributed by atoms with Gasteiger partial charge in [0.05, 0.1) is 6.26 Å². The van der Waals surface area contributed by atoms with Gasteiger partial charge in [0.15, 0.2) is 6.29 Å². The molecule has 0 N–H and O–H groups in total. The van der Waals surface area contributed by atoms with Gasteiger partial charge in [-0.05, 0) is 13.3 Å². The average molecular weight is 207 g/mol. The molecule has 58 valence electrons. The van der Waals surface area contributed by atoms with Gasteiger partial charge < -0.3 is 9.47 Å². The molecule has 0 bridgehead atoms. The monoisotopic (exact) mass is 206 g/mol. The van der Waals surface area contributed by atoms with E-state index in [1.807, 2.05) is 6.92 Å². The first-order valence-electron chi connectivity index (χ1n) is 3.44. The van der Waals surface area contributed by atoms with Crippen molar-refractivity contribution in [1.82, 2.24) is 0 Å². The summed E-state index contributed by atoms with van der Waals surface area (Å²) in [6.07, 6.45) is 3.66. The summed E-state index contributed by atoms with van der Waals surface area (Å²) < 4.78 is 11.6. The van der Waals surface area contributed by atoms with Crippen molar-refractivity contribution in [1.29, 1.82) is 0 Å². The summed E-state index contributed by atoms with van der Waals surface area (Å²) in [6.45, 7) is 2.69. The fraction of sp³-hybridized carbons (Fsp3) is 0.714. The van der Waals surface area contributed by atoms with Crippen LogP contribution in [0.3, 0.4) is 0 Å². The smallest absolute Gasteiger partial charge is 0.199 e. The van der Waals surface area contributed by atoms with Gasteiger partial charge in [-0.25, -0.2) is 0 Å². The van der Waals surface area contributed by atoms with E-state index in [4.69, 9.17) is 9.47 Å². The first-order chi connectivity index (χ1) is 4.83. The molecule has 2 nitrogen and oxygen atoms in total. The van der Waals surface area contributed by atoms with Crippen LogP contribution in [0, 0.1) is 0 Å². The van der Waals surface area contributed by atoms with Gasteiger partial charge in [-0.3, -0.25) is 0 Å². The Morgan fingerprint density at radius 3 is 3.20 bits per heavy atom. The molecule has 1 unspecified atom stereocenters. The van der Waals surface area contributed by atoms with Crippen molar-refractivity contribution < 1.29 is 9.47 Å². The van der Waals surface area contributed by atoms with Gasteiger partial charge in [-0.1, -0.05) is 15.9 Å². The normalized spacial score (nSPS) is 25.4. The molecule has 0 saturated heterocycles. The van der Waals surface area contributed by atoms with Crippen molar-refractivity contribution in [2.75, 3.05) is 6.61 Å². The minimum Gasteiger partial charge on any atom is -0.472 e. The van der Waals surface area contributed by atoms with E-state index in [1.54, 1.807) is 6.26 Å². The maximum atomic E-state index is 5.24. The van der Waals surface area contributed by atoms with Crippen LogP contribution < -0.4 is 0 Å². The van der Waals surface area contributed by atoms with Gasteiger partial charge in [0, 0.05) is 17.5 Å².